The molecule has 1 atom stereocenters. The van der Waals surface area contributed by atoms with Gasteiger partial charge in [0.25, 0.3) is 5.56 Å². The van der Waals surface area contributed by atoms with Crippen LogP contribution in [0.25, 0.3) is 22.0 Å². The number of rotatable bonds is 4. The number of nitrogens with zero attached hydrogens (tertiary/aromatic N) is 2. The summed E-state index contributed by atoms with van der Waals surface area (Å²) in [6.07, 6.45) is 2.64. The predicted octanol–water partition coefficient (Wildman–Crippen LogP) is 4.14. The molecule has 0 aliphatic carbocycles. The Morgan fingerprint density at radius 2 is 1.93 bits per heavy atom. The fourth-order valence-corrected chi connectivity index (χ4v) is 3.14. The molecule has 2 amide bonds. The predicted molar refractivity (Wildman–Crippen MR) is 114 cm³/mol. The molecule has 3 aromatic rings. The van der Waals surface area contributed by atoms with Crippen LogP contribution in [0.15, 0.2) is 41.3 Å². The van der Waals surface area contributed by atoms with Crippen LogP contribution in [0.5, 0.6) is 0 Å². The zero-order valence-corrected chi connectivity index (χ0v) is 17.0. The molecule has 0 aliphatic rings. The summed E-state index contributed by atoms with van der Waals surface area (Å²) in [6.45, 7) is 7.83. The lowest BCUT2D eigenvalue weighted by Crippen LogP contribution is -2.35. The minimum absolute atomic E-state index is 0.0811. The molecular weight excluding hydrogens is 352 g/mol. The normalized spacial score (nSPS) is 12.0. The number of carbonyl (C=O) groups excluding carboxylic acids is 1. The maximum absolute atomic E-state index is 13.0. The van der Waals surface area contributed by atoms with Crippen LogP contribution in [0.4, 0.5) is 10.5 Å². The SMILES string of the molecule is CCC(C)NC(=O)Nc1ccc(C)c(-c2cc3cnc(C)cc3n(C)c2=O)c1. The first-order valence-electron chi connectivity index (χ1n) is 9.45. The van der Waals surface area contributed by atoms with Crippen LogP contribution in [0.1, 0.15) is 31.5 Å². The molecule has 1 unspecified atom stereocenters. The van der Waals surface area contributed by atoms with Crippen LogP contribution in [0, 0.1) is 13.8 Å². The third kappa shape index (κ3) is 3.91. The van der Waals surface area contributed by atoms with E-state index in [0.717, 1.165) is 34.1 Å². The first-order valence-corrected chi connectivity index (χ1v) is 9.45. The molecule has 0 saturated heterocycles. The van der Waals surface area contributed by atoms with E-state index >= 15 is 0 Å². The Morgan fingerprint density at radius 1 is 1.18 bits per heavy atom. The van der Waals surface area contributed by atoms with Gasteiger partial charge >= 0.3 is 6.03 Å². The number of benzene rings is 1. The Hall–Kier alpha value is -3.15. The van der Waals surface area contributed by atoms with E-state index in [1.807, 2.05) is 58.0 Å². The van der Waals surface area contributed by atoms with Crippen molar-refractivity contribution in [3.05, 3.63) is 58.1 Å². The van der Waals surface area contributed by atoms with Crippen molar-refractivity contribution in [1.29, 1.82) is 0 Å². The number of pyridine rings is 2. The molecule has 28 heavy (non-hydrogen) atoms. The first-order chi connectivity index (χ1) is 13.3. The largest absolute Gasteiger partial charge is 0.335 e. The summed E-state index contributed by atoms with van der Waals surface area (Å²) < 4.78 is 1.65. The van der Waals surface area contributed by atoms with Crippen molar-refractivity contribution in [3.63, 3.8) is 0 Å². The Kier molecular flexibility index (Phi) is 5.49. The highest BCUT2D eigenvalue weighted by Crippen LogP contribution is 2.26. The number of aromatic nitrogens is 2. The van der Waals surface area contributed by atoms with E-state index in [9.17, 15) is 9.59 Å². The number of amides is 2. The Labute approximate surface area is 164 Å². The molecule has 0 radical (unpaired) electrons. The van der Waals surface area contributed by atoms with E-state index in [1.165, 1.54) is 0 Å². The fourth-order valence-electron chi connectivity index (χ4n) is 3.14. The first kappa shape index (κ1) is 19.6. The Bertz CT molecular complexity index is 1100. The summed E-state index contributed by atoms with van der Waals surface area (Å²) in [5.74, 6) is 0. The lowest BCUT2D eigenvalue weighted by atomic mass is 9.99. The number of urea groups is 1. The summed E-state index contributed by atoms with van der Waals surface area (Å²) in [6, 6.07) is 9.20. The van der Waals surface area contributed by atoms with Crippen molar-refractivity contribution < 1.29 is 4.79 Å². The average molecular weight is 378 g/mol. The number of fused-ring (bicyclic) bond motifs is 1. The minimum Gasteiger partial charge on any atom is -0.335 e. The molecule has 6 nitrogen and oxygen atoms in total. The molecule has 2 heterocycles. The second-order valence-corrected chi connectivity index (χ2v) is 7.24. The molecule has 0 aliphatic heterocycles. The van der Waals surface area contributed by atoms with Crippen molar-refractivity contribution in [2.75, 3.05) is 5.32 Å². The van der Waals surface area contributed by atoms with Crippen LogP contribution in [0.3, 0.4) is 0 Å². The number of nitrogens with one attached hydrogen (secondary N) is 2. The van der Waals surface area contributed by atoms with Crippen LogP contribution in [-0.4, -0.2) is 21.6 Å². The van der Waals surface area contributed by atoms with Gasteiger partial charge in [-0.25, -0.2) is 4.79 Å². The van der Waals surface area contributed by atoms with Crippen molar-refractivity contribution in [2.45, 2.75) is 40.2 Å². The van der Waals surface area contributed by atoms with Gasteiger partial charge in [0.05, 0.1) is 5.52 Å². The van der Waals surface area contributed by atoms with Gasteiger partial charge in [-0.15, -0.1) is 0 Å². The second kappa shape index (κ2) is 7.84. The fraction of sp³-hybridized carbons (Fsp3) is 0.318. The van der Waals surface area contributed by atoms with Gasteiger partial charge < -0.3 is 15.2 Å². The molecule has 0 fully saturated rings. The summed E-state index contributed by atoms with van der Waals surface area (Å²) in [7, 11) is 1.77. The third-order valence-electron chi connectivity index (χ3n) is 5.02. The quantitative estimate of drug-likeness (QED) is 0.716. The van der Waals surface area contributed by atoms with Gasteiger partial charge in [0.1, 0.15) is 0 Å². The molecule has 6 heteroatoms. The van der Waals surface area contributed by atoms with E-state index in [0.29, 0.717) is 11.3 Å². The van der Waals surface area contributed by atoms with E-state index in [2.05, 4.69) is 15.6 Å². The molecule has 0 spiro atoms. The molecule has 0 saturated carbocycles. The van der Waals surface area contributed by atoms with Crippen LogP contribution in [0.2, 0.25) is 0 Å². The van der Waals surface area contributed by atoms with Gasteiger partial charge in [0, 0.05) is 41.6 Å². The second-order valence-electron chi connectivity index (χ2n) is 7.24. The van der Waals surface area contributed by atoms with Gasteiger partial charge in [0.2, 0.25) is 0 Å². The molecule has 146 valence electrons. The van der Waals surface area contributed by atoms with Crippen LogP contribution >= 0.6 is 0 Å². The smallest absolute Gasteiger partial charge is 0.319 e. The highest BCUT2D eigenvalue weighted by molar-refractivity contribution is 5.91. The monoisotopic (exact) mass is 378 g/mol. The summed E-state index contributed by atoms with van der Waals surface area (Å²) in [4.78, 5) is 29.5. The Morgan fingerprint density at radius 3 is 2.64 bits per heavy atom. The van der Waals surface area contributed by atoms with Crippen LogP contribution < -0.4 is 16.2 Å². The van der Waals surface area contributed by atoms with Gasteiger partial charge in [-0.05, 0) is 62.6 Å². The van der Waals surface area contributed by atoms with Gasteiger partial charge in [-0.2, -0.15) is 0 Å². The highest BCUT2D eigenvalue weighted by atomic mass is 16.2. The molecule has 1 aromatic carbocycles. The topological polar surface area (TPSA) is 76.0 Å². The lowest BCUT2D eigenvalue weighted by molar-refractivity contribution is 0.249. The summed E-state index contributed by atoms with van der Waals surface area (Å²) in [5.41, 5.74) is 4.62. The summed E-state index contributed by atoms with van der Waals surface area (Å²) >= 11 is 0. The van der Waals surface area contributed by atoms with Crippen molar-refractivity contribution in [1.82, 2.24) is 14.9 Å². The minimum atomic E-state index is -0.254. The van der Waals surface area contributed by atoms with Crippen molar-refractivity contribution >= 4 is 22.6 Å². The maximum atomic E-state index is 13.0. The van der Waals surface area contributed by atoms with E-state index < -0.39 is 0 Å². The number of hydrogen-bond donors (Lipinski definition) is 2. The zero-order chi connectivity index (χ0) is 20.4. The van der Waals surface area contributed by atoms with Crippen LogP contribution in [-0.2, 0) is 7.05 Å². The molecule has 3 rings (SSSR count). The summed E-state index contributed by atoms with van der Waals surface area (Å²) in [5, 5.41) is 6.63. The molecule has 2 aromatic heterocycles. The standard InChI is InChI=1S/C22H26N4O2/c1-6-14(3)24-22(28)25-17-8-7-13(2)18(11-17)19-10-16-12-23-15(4)9-20(16)26(5)21(19)27/h7-12,14H,6H2,1-5H3,(H2,24,25,28). The Balaban J connectivity index is 2.04. The van der Waals surface area contributed by atoms with Crippen molar-refractivity contribution in [2.24, 2.45) is 7.05 Å². The van der Waals surface area contributed by atoms with Gasteiger partial charge in [0.15, 0.2) is 0 Å². The molecule has 0 bridgehead atoms. The zero-order valence-electron chi connectivity index (χ0n) is 17.0. The highest BCUT2D eigenvalue weighted by Gasteiger charge is 2.13. The van der Waals surface area contributed by atoms with E-state index in [4.69, 9.17) is 0 Å². The molecule has 2 N–H and O–H groups in total. The number of aryl methyl sites for hydroxylation is 3. The number of anilines is 1. The molecular formula is C22H26N4O2. The van der Waals surface area contributed by atoms with E-state index in [1.54, 1.807) is 17.8 Å². The third-order valence-corrected chi connectivity index (χ3v) is 5.02. The van der Waals surface area contributed by atoms with Gasteiger partial charge in [-0.1, -0.05) is 13.0 Å². The van der Waals surface area contributed by atoms with E-state index in [-0.39, 0.29) is 17.6 Å². The number of carbonyl (C=O) groups is 1. The maximum Gasteiger partial charge on any atom is 0.319 e. The lowest BCUT2D eigenvalue weighted by Gasteiger charge is -2.15. The van der Waals surface area contributed by atoms with Crippen molar-refractivity contribution in [3.8, 4) is 11.1 Å². The average Bonchev–Trinajstić information content (AvgIpc) is 2.66. The number of hydrogen-bond acceptors (Lipinski definition) is 3. The van der Waals surface area contributed by atoms with Gasteiger partial charge in [-0.3, -0.25) is 9.78 Å².